The van der Waals surface area contributed by atoms with Gasteiger partial charge in [-0.1, -0.05) is 212 Å². The van der Waals surface area contributed by atoms with E-state index < -0.39 is 6.10 Å². The van der Waals surface area contributed by atoms with Crippen LogP contribution in [-0.4, -0.2) is 37.9 Å². The summed E-state index contributed by atoms with van der Waals surface area (Å²) in [5.41, 5.74) is 0. The van der Waals surface area contributed by atoms with Gasteiger partial charge < -0.3 is 14.2 Å². The van der Waals surface area contributed by atoms with E-state index >= 15 is 0 Å². The SMILES string of the molecule is CC/C=C\C/C=C\C/C=C\C/C=C\C/C=C\C/C=C\CCCOCC(COC(=O)CCCCCCCC/C=C\C/C=C\C/C=C\C/C=C\CC)OC(=O)CCCCCCC/C=C\CCCC. The lowest BCUT2D eigenvalue weighted by Gasteiger charge is -2.18. The molecule has 0 saturated heterocycles. The maximum absolute atomic E-state index is 12.8. The number of unbranched alkanes of at least 4 members (excludes halogenated alkanes) is 14. The first-order valence-electron chi connectivity index (χ1n) is 26.7. The highest BCUT2D eigenvalue weighted by Gasteiger charge is 2.17. The van der Waals surface area contributed by atoms with E-state index in [9.17, 15) is 9.59 Å². The van der Waals surface area contributed by atoms with Crippen LogP contribution >= 0.6 is 0 Å². The average Bonchev–Trinajstić information content (AvgIpc) is 3.32. The summed E-state index contributed by atoms with van der Waals surface area (Å²) in [7, 11) is 0. The zero-order valence-corrected chi connectivity index (χ0v) is 42.7. The molecule has 372 valence electrons. The van der Waals surface area contributed by atoms with Gasteiger partial charge in [-0.25, -0.2) is 0 Å². The van der Waals surface area contributed by atoms with Crippen LogP contribution in [0.5, 0.6) is 0 Å². The van der Waals surface area contributed by atoms with E-state index in [4.69, 9.17) is 14.2 Å². The van der Waals surface area contributed by atoms with Gasteiger partial charge in [0.05, 0.1) is 6.61 Å². The van der Waals surface area contributed by atoms with E-state index in [2.05, 4.69) is 154 Å². The molecular weight excluding hydrogens is 813 g/mol. The summed E-state index contributed by atoms with van der Waals surface area (Å²) in [5.74, 6) is -0.466. The molecule has 0 spiro atoms. The van der Waals surface area contributed by atoms with Gasteiger partial charge >= 0.3 is 11.9 Å². The van der Waals surface area contributed by atoms with Crippen LogP contribution in [0.25, 0.3) is 0 Å². The minimum absolute atomic E-state index is 0.0425. The Kier molecular flexibility index (Phi) is 52.0. The van der Waals surface area contributed by atoms with Crippen molar-refractivity contribution in [3.05, 3.63) is 134 Å². The summed E-state index contributed by atoms with van der Waals surface area (Å²) in [6, 6.07) is 0. The summed E-state index contributed by atoms with van der Waals surface area (Å²) in [6.45, 7) is 7.38. The van der Waals surface area contributed by atoms with Gasteiger partial charge in [-0.05, 0) is 122 Å². The molecule has 5 heteroatoms. The molecule has 0 saturated carbocycles. The second kappa shape index (κ2) is 55.4. The largest absolute Gasteiger partial charge is 0.462 e. The molecular formula is C61H98O5. The predicted octanol–water partition coefficient (Wildman–Crippen LogP) is 18.3. The van der Waals surface area contributed by atoms with Crippen molar-refractivity contribution in [2.45, 2.75) is 219 Å². The smallest absolute Gasteiger partial charge is 0.306 e. The topological polar surface area (TPSA) is 61.8 Å². The number of allylic oxidation sites excluding steroid dienone is 22. The molecule has 0 rings (SSSR count). The first kappa shape index (κ1) is 62.0. The van der Waals surface area contributed by atoms with Crippen molar-refractivity contribution < 1.29 is 23.8 Å². The molecule has 5 nitrogen and oxygen atoms in total. The van der Waals surface area contributed by atoms with Crippen molar-refractivity contribution in [3.8, 4) is 0 Å². The molecule has 0 aliphatic rings. The van der Waals surface area contributed by atoms with Crippen LogP contribution < -0.4 is 0 Å². The second-order valence-corrected chi connectivity index (χ2v) is 17.0. The second-order valence-electron chi connectivity index (χ2n) is 17.0. The molecule has 0 radical (unpaired) electrons. The number of carbonyl (C=O) groups excluding carboxylic acids is 2. The van der Waals surface area contributed by atoms with E-state index in [-0.39, 0.29) is 25.2 Å². The molecule has 0 aliphatic heterocycles. The molecule has 1 atom stereocenters. The Hall–Kier alpha value is -3.96. The van der Waals surface area contributed by atoms with Gasteiger partial charge in [0.25, 0.3) is 0 Å². The quantitative estimate of drug-likeness (QED) is 0.0346. The van der Waals surface area contributed by atoms with Gasteiger partial charge in [-0.15, -0.1) is 0 Å². The summed E-state index contributed by atoms with van der Waals surface area (Å²) in [6.07, 6.45) is 79.0. The lowest BCUT2D eigenvalue weighted by atomic mass is 10.1. The summed E-state index contributed by atoms with van der Waals surface area (Å²) < 4.78 is 17.3. The fourth-order valence-electron chi connectivity index (χ4n) is 6.73. The Balaban J connectivity index is 4.39. The van der Waals surface area contributed by atoms with Crippen molar-refractivity contribution >= 4 is 11.9 Å². The fraction of sp³-hybridized carbons (Fsp3) is 0.607. The molecule has 0 bridgehead atoms. The Morgan fingerprint density at radius 1 is 0.348 bits per heavy atom. The number of esters is 2. The summed E-state index contributed by atoms with van der Waals surface area (Å²) in [5, 5.41) is 0. The number of hydrogen-bond donors (Lipinski definition) is 0. The van der Waals surface area contributed by atoms with Crippen LogP contribution in [0.3, 0.4) is 0 Å². The van der Waals surface area contributed by atoms with Gasteiger partial charge in [0, 0.05) is 19.4 Å². The van der Waals surface area contributed by atoms with E-state index in [1.165, 1.54) is 51.4 Å². The van der Waals surface area contributed by atoms with Crippen molar-refractivity contribution in [3.63, 3.8) is 0 Å². The third kappa shape index (κ3) is 52.7. The van der Waals surface area contributed by atoms with E-state index in [1.807, 2.05) is 0 Å². The molecule has 0 fully saturated rings. The van der Waals surface area contributed by atoms with Crippen LogP contribution in [0.15, 0.2) is 134 Å². The minimum Gasteiger partial charge on any atom is -0.462 e. The molecule has 0 aromatic rings. The first-order chi connectivity index (χ1) is 32.6. The lowest BCUT2D eigenvalue weighted by Crippen LogP contribution is -2.30. The van der Waals surface area contributed by atoms with Crippen LogP contribution in [0.1, 0.15) is 213 Å². The number of ether oxygens (including phenoxy) is 3. The highest BCUT2D eigenvalue weighted by atomic mass is 16.6. The molecule has 1 unspecified atom stereocenters. The highest BCUT2D eigenvalue weighted by Crippen LogP contribution is 2.12. The number of hydrogen-bond acceptors (Lipinski definition) is 5. The van der Waals surface area contributed by atoms with E-state index in [0.29, 0.717) is 19.4 Å². The predicted molar refractivity (Wildman–Crippen MR) is 288 cm³/mol. The molecule has 66 heavy (non-hydrogen) atoms. The normalized spacial score (nSPS) is 13.3. The van der Waals surface area contributed by atoms with Gasteiger partial charge in [0.1, 0.15) is 6.61 Å². The molecule has 0 aliphatic carbocycles. The van der Waals surface area contributed by atoms with Gasteiger partial charge in [-0.2, -0.15) is 0 Å². The highest BCUT2D eigenvalue weighted by molar-refractivity contribution is 5.70. The van der Waals surface area contributed by atoms with Gasteiger partial charge in [-0.3, -0.25) is 9.59 Å². The molecule has 0 heterocycles. The Bertz CT molecular complexity index is 1400. The number of carbonyl (C=O) groups is 2. The fourth-order valence-corrected chi connectivity index (χ4v) is 6.73. The van der Waals surface area contributed by atoms with Crippen molar-refractivity contribution in [1.29, 1.82) is 0 Å². The maximum atomic E-state index is 12.8. The first-order valence-corrected chi connectivity index (χ1v) is 26.7. The van der Waals surface area contributed by atoms with Crippen molar-refractivity contribution in [1.82, 2.24) is 0 Å². The van der Waals surface area contributed by atoms with Gasteiger partial charge in [0.2, 0.25) is 0 Å². The zero-order valence-electron chi connectivity index (χ0n) is 42.7. The minimum atomic E-state index is -0.586. The Labute approximate surface area is 407 Å². The van der Waals surface area contributed by atoms with Gasteiger partial charge in [0.15, 0.2) is 6.10 Å². The third-order valence-electron chi connectivity index (χ3n) is 10.7. The van der Waals surface area contributed by atoms with Crippen LogP contribution in [0.4, 0.5) is 0 Å². The molecule has 0 N–H and O–H groups in total. The molecule has 0 amide bonds. The van der Waals surface area contributed by atoms with E-state index in [0.717, 1.165) is 128 Å². The van der Waals surface area contributed by atoms with Crippen LogP contribution in [0.2, 0.25) is 0 Å². The van der Waals surface area contributed by atoms with Crippen LogP contribution in [-0.2, 0) is 23.8 Å². The monoisotopic (exact) mass is 911 g/mol. The third-order valence-corrected chi connectivity index (χ3v) is 10.7. The van der Waals surface area contributed by atoms with Crippen molar-refractivity contribution in [2.75, 3.05) is 19.8 Å². The Morgan fingerprint density at radius 3 is 1.11 bits per heavy atom. The molecule has 0 aromatic carbocycles. The molecule has 0 aromatic heterocycles. The summed E-state index contributed by atoms with van der Waals surface area (Å²) >= 11 is 0. The summed E-state index contributed by atoms with van der Waals surface area (Å²) in [4.78, 5) is 25.4. The average molecular weight is 911 g/mol. The zero-order chi connectivity index (χ0) is 47.7. The number of rotatable bonds is 47. The van der Waals surface area contributed by atoms with E-state index in [1.54, 1.807) is 0 Å². The van der Waals surface area contributed by atoms with Crippen LogP contribution in [0, 0.1) is 0 Å². The maximum Gasteiger partial charge on any atom is 0.306 e. The standard InChI is InChI=1S/C61H98O5/c1-4-7-10-13-16-19-22-24-26-28-30-32-34-36-38-41-44-47-50-53-56-64-57-59(66-61(63)55-52-49-46-43-39-21-18-15-12-9-6-3)58-65-60(62)54-51-48-45-42-40-37-35-33-31-29-27-25-23-20-17-14-11-8-5-2/h7-8,10-11,15-20,24-27,30-33,36,38,44,47,59H,4-6,9,12-14,21-23,28-29,34-35,37,39-43,45-46,48-58H2,1-3H3/b10-7-,11-8-,18-15-,19-16-,20-17-,26-24-,27-25-,32-30-,33-31-,38-36-,47-44-. The van der Waals surface area contributed by atoms with Crippen molar-refractivity contribution in [2.24, 2.45) is 0 Å². The Morgan fingerprint density at radius 2 is 0.682 bits per heavy atom. The lowest BCUT2D eigenvalue weighted by molar-refractivity contribution is -0.163.